The Balaban J connectivity index is 1.17. The van der Waals surface area contributed by atoms with E-state index >= 15 is 0 Å². The lowest BCUT2D eigenvalue weighted by atomic mass is 9.66. The second-order valence-corrected chi connectivity index (χ2v) is 20.9. The second kappa shape index (κ2) is 12.6. The van der Waals surface area contributed by atoms with Crippen molar-refractivity contribution in [3.63, 3.8) is 0 Å². The first kappa shape index (κ1) is 37.6. The van der Waals surface area contributed by atoms with Crippen LogP contribution in [0.2, 0.25) is 0 Å². The molecule has 1 heteroatoms. The molecule has 13 rings (SSSR count). The summed E-state index contributed by atoms with van der Waals surface area (Å²) in [6, 6.07) is 64.0. The molecule has 0 N–H and O–H groups in total. The van der Waals surface area contributed by atoms with Crippen LogP contribution in [0.3, 0.4) is 0 Å². The van der Waals surface area contributed by atoms with Crippen molar-refractivity contribution in [3.8, 4) is 44.5 Å². The van der Waals surface area contributed by atoms with Crippen molar-refractivity contribution in [2.24, 2.45) is 0 Å². The number of hydrogen-bond acceptors (Lipinski definition) is 1. The third-order valence-electron chi connectivity index (χ3n) is 15.8. The molecule has 0 fully saturated rings. The van der Waals surface area contributed by atoms with Crippen molar-refractivity contribution < 1.29 is 0 Å². The number of para-hydroxylation sites is 1. The highest BCUT2D eigenvalue weighted by Crippen LogP contribution is 2.65. The molecular weight excluding hydrogens is 771 g/mol. The average Bonchev–Trinajstić information content (AvgIpc) is 3.83. The molecule has 1 heterocycles. The zero-order valence-corrected chi connectivity index (χ0v) is 37.8. The highest BCUT2D eigenvalue weighted by atomic mass is 15.1. The Morgan fingerprint density at radius 2 is 0.984 bits per heavy atom. The Kier molecular flexibility index (Phi) is 7.40. The van der Waals surface area contributed by atoms with Gasteiger partial charge in [-0.05, 0) is 136 Å². The molecule has 0 radical (unpaired) electrons. The lowest BCUT2D eigenvalue weighted by Crippen LogP contribution is -2.30. The van der Waals surface area contributed by atoms with E-state index < -0.39 is 5.41 Å². The first-order valence-corrected chi connectivity index (χ1v) is 23.1. The van der Waals surface area contributed by atoms with Gasteiger partial charge in [-0.25, -0.2) is 0 Å². The standard InChI is InChI=1S/C63H51N/c1-60(2,3)41-27-30-48-49-31-28-42-34-55(49)63(54(48)33-41)53-21-12-9-18-46(53)50-32-29-43(36-56(50)63)64(58-22-13-10-17-45(58)40-25-23-39(24-26-40)38-15-14-16-38)44-35-51-47-19-8-11-20-52(47)62(6,7)59(51)57(37-44)61(42,4)5/h8-37H,1-7H3. The highest BCUT2D eigenvalue weighted by Gasteiger charge is 2.53. The van der Waals surface area contributed by atoms with Gasteiger partial charge in [0.2, 0.25) is 0 Å². The van der Waals surface area contributed by atoms with Crippen LogP contribution in [0.25, 0.3) is 50.1 Å². The van der Waals surface area contributed by atoms with Crippen molar-refractivity contribution in [1.29, 1.82) is 0 Å². The first-order chi connectivity index (χ1) is 30.9. The summed E-state index contributed by atoms with van der Waals surface area (Å²) in [7, 11) is 0. The van der Waals surface area contributed by atoms with E-state index in [1.165, 1.54) is 111 Å². The minimum Gasteiger partial charge on any atom is -0.310 e. The third kappa shape index (κ3) is 4.80. The zero-order valence-electron chi connectivity index (χ0n) is 37.8. The monoisotopic (exact) mass is 821 g/mol. The molecule has 0 saturated carbocycles. The molecule has 1 nitrogen and oxygen atoms in total. The Morgan fingerprint density at radius 1 is 0.422 bits per heavy atom. The fourth-order valence-corrected chi connectivity index (χ4v) is 12.4. The smallest absolute Gasteiger partial charge is 0.0726 e. The summed E-state index contributed by atoms with van der Waals surface area (Å²) in [5.74, 6) is 0. The highest BCUT2D eigenvalue weighted by molar-refractivity contribution is 5.99. The molecule has 0 amide bonds. The predicted molar refractivity (Wildman–Crippen MR) is 268 cm³/mol. The topological polar surface area (TPSA) is 3.24 Å². The molecule has 0 saturated heterocycles. The fraction of sp³-hybridized carbons (Fsp3) is 0.175. The maximum atomic E-state index is 2.62. The summed E-state index contributed by atoms with van der Waals surface area (Å²) in [6.07, 6.45) is 6.50. The maximum absolute atomic E-state index is 2.62. The van der Waals surface area contributed by atoms with Crippen molar-refractivity contribution >= 4 is 22.6 Å². The zero-order chi connectivity index (χ0) is 43.5. The summed E-state index contributed by atoms with van der Waals surface area (Å²) >= 11 is 0. The predicted octanol–water partition coefficient (Wildman–Crippen LogP) is 16.4. The van der Waals surface area contributed by atoms with Crippen molar-refractivity contribution in [2.45, 2.75) is 70.1 Å². The van der Waals surface area contributed by atoms with Gasteiger partial charge in [0, 0.05) is 27.8 Å². The summed E-state index contributed by atoms with van der Waals surface area (Å²) in [5, 5.41) is 0. The lowest BCUT2D eigenvalue weighted by molar-refractivity contribution is 0.586. The Bertz CT molecular complexity index is 3420. The van der Waals surface area contributed by atoms with Crippen LogP contribution in [0.4, 0.5) is 17.1 Å². The van der Waals surface area contributed by atoms with E-state index in [0.717, 1.165) is 11.4 Å². The van der Waals surface area contributed by atoms with Gasteiger partial charge >= 0.3 is 0 Å². The molecule has 1 atom stereocenters. The largest absolute Gasteiger partial charge is 0.310 e. The van der Waals surface area contributed by atoms with Crippen LogP contribution in [-0.4, -0.2) is 0 Å². The van der Waals surface area contributed by atoms with E-state index in [0.29, 0.717) is 0 Å². The molecule has 4 aliphatic carbocycles. The van der Waals surface area contributed by atoms with Gasteiger partial charge in [-0.15, -0.1) is 0 Å². The van der Waals surface area contributed by atoms with Crippen LogP contribution in [-0.2, 0) is 21.7 Å². The molecule has 1 spiro atoms. The van der Waals surface area contributed by atoms with E-state index in [1.807, 2.05) is 0 Å². The van der Waals surface area contributed by atoms with Gasteiger partial charge in [-0.1, -0.05) is 200 Å². The summed E-state index contributed by atoms with van der Waals surface area (Å²) in [4.78, 5) is 2.59. The number of nitrogens with zero attached hydrogens (tertiary/aromatic N) is 1. The van der Waals surface area contributed by atoms with E-state index in [9.17, 15) is 0 Å². The fourth-order valence-electron chi connectivity index (χ4n) is 12.4. The van der Waals surface area contributed by atoms with Gasteiger partial charge in [0.15, 0.2) is 0 Å². The molecular formula is C63H51N. The summed E-state index contributed by atoms with van der Waals surface area (Å²) in [5.41, 5.74) is 27.7. The average molecular weight is 822 g/mol. The van der Waals surface area contributed by atoms with Crippen LogP contribution in [0.5, 0.6) is 0 Å². The minimum atomic E-state index is -0.504. The number of allylic oxidation sites excluding steroid dienone is 4. The number of anilines is 3. The molecule has 8 aromatic carbocycles. The normalized spacial score (nSPS) is 18.2. The van der Waals surface area contributed by atoms with Gasteiger partial charge in [0.1, 0.15) is 0 Å². The SMILES string of the molecule is CC(C)(C)c1ccc2c(c1)C13c4ccccc4-c4ccc(cc41)N(c1ccccc1-c1ccc(C4=CC=C4)cc1)c1cc4c(c(c1)C(C)(C)c1ccc-2c3c1)C(C)(C)c1ccccc1-4. The van der Waals surface area contributed by atoms with Gasteiger partial charge < -0.3 is 4.90 Å². The van der Waals surface area contributed by atoms with Crippen LogP contribution < -0.4 is 4.90 Å². The Labute approximate surface area is 378 Å². The van der Waals surface area contributed by atoms with E-state index in [1.54, 1.807) is 0 Å². The number of rotatable bonds is 3. The quantitative estimate of drug-likeness (QED) is 0.172. The lowest BCUT2D eigenvalue weighted by Gasteiger charge is -2.38. The van der Waals surface area contributed by atoms with E-state index in [-0.39, 0.29) is 16.2 Å². The molecule has 1 unspecified atom stereocenters. The van der Waals surface area contributed by atoms with Crippen LogP contribution in [0.15, 0.2) is 182 Å². The van der Waals surface area contributed by atoms with Crippen molar-refractivity contribution in [2.75, 3.05) is 4.90 Å². The van der Waals surface area contributed by atoms with E-state index in [4.69, 9.17) is 0 Å². The molecule has 6 bridgehead atoms. The van der Waals surface area contributed by atoms with Crippen molar-refractivity contribution in [1.82, 2.24) is 0 Å². The summed E-state index contributed by atoms with van der Waals surface area (Å²) < 4.78 is 0. The molecule has 64 heavy (non-hydrogen) atoms. The minimum absolute atomic E-state index is 0.0144. The van der Waals surface area contributed by atoms with Crippen molar-refractivity contribution in [3.05, 3.63) is 238 Å². The molecule has 1 aliphatic heterocycles. The molecule has 308 valence electrons. The molecule has 0 aromatic heterocycles. The first-order valence-electron chi connectivity index (χ1n) is 23.1. The Morgan fingerprint density at radius 3 is 1.69 bits per heavy atom. The maximum Gasteiger partial charge on any atom is 0.0726 e. The van der Waals surface area contributed by atoms with Gasteiger partial charge in [0.05, 0.1) is 11.1 Å². The van der Waals surface area contributed by atoms with E-state index in [2.05, 4.69) is 235 Å². The number of benzene rings is 8. The Hall–Kier alpha value is -6.96. The van der Waals surface area contributed by atoms with Crippen LogP contribution in [0, 0.1) is 0 Å². The second-order valence-electron chi connectivity index (χ2n) is 20.9. The van der Waals surface area contributed by atoms with Gasteiger partial charge in [-0.2, -0.15) is 0 Å². The molecule has 5 aliphatic rings. The summed E-state index contributed by atoms with van der Waals surface area (Å²) in [6.45, 7) is 16.9. The number of hydrogen-bond donors (Lipinski definition) is 0. The molecule has 8 aromatic rings. The van der Waals surface area contributed by atoms with Crippen LogP contribution in [0.1, 0.15) is 104 Å². The van der Waals surface area contributed by atoms with Crippen LogP contribution >= 0.6 is 0 Å². The third-order valence-corrected chi connectivity index (χ3v) is 15.8. The number of fused-ring (bicyclic) bond motifs is 12. The van der Waals surface area contributed by atoms with Gasteiger partial charge in [-0.3, -0.25) is 0 Å². The van der Waals surface area contributed by atoms with Gasteiger partial charge in [0.25, 0.3) is 0 Å².